The first-order valence-corrected chi connectivity index (χ1v) is 14.5. The third kappa shape index (κ3) is 4.89. The molecule has 4 aromatic carbocycles. The van der Waals surface area contributed by atoms with Gasteiger partial charge in [0.25, 0.3) is 0 Å². The van der Waals surface area contributed by atoms with Crippen LogP contribution < -0.4 is 15.8 Å². The van der Waals surface area contributed by atoms with Crippen molar-refractivity contribution in [1.29, 1.82) is 0 Å². The van der Waals surface area contributed by atoms with Gasteiger partial charge in [-0.25, -0.2) is 0 Å². The molecule has 3 nitrogen and oxygen atoms in total. The van der Waals surface area contributed by atoms with Crippen LogP contribution in [0.2, 0.25) is 0 Å². The summed E-state index contributed by atoms with van der Waals surface area (Å²) in [6, 6.07) is 39.3. The fraction of sp³-hybridized carbons (Fsp3) is 0. The molecule has 0 saturated heterocycles. The van der Waals surface area contributed by atoms with E-state index in [1.807, 2.05) is 0 Å². The van der Waals surface area contributed by atoms with E-state index in [4.69, 9.17) is 0 Å². The van der Waals surface area contributed by atoms with Crippen molar-refractivity contribution >= 4 is 47.8 Å². The number of rotatable bonds is 3. The van der Waals surface area contributed by atoms with Crippen molar-refractivity contribution in [2.75, 3.05) is 0 Å². The molecule has 0 heterocycles. The average molecular weight is 523 g/mol. The van der Waals surface area contributed by atoms with Gasteiger partial charge in [0.1, 0.15) is 0 Å². The Labute approximate surface area is 194 Å². The van der Waals surface area contributed by atoms with Crippen LogP contribution in [0.15, 0.2) is 121 Å². The van der Waals surface area contributed by atoms with Crippen LogP contribution in [0.4, 0.5) is 0 Å². The van der Waals surface area contributed by atoms with E-state index < -0.39 is 31.3 Å². The summed E-state index contributed by atoms with van der Waals surface area (Å²) in [5.74, 6) is -1.72. The Bertz CT molecular complexity index is 1160. The predicted molar refractivity (Wildman–Crippen MR) is 128 cm³/mol. The Kier molecular flexibility index (Phi) is 6.97. The second-order valence-electron chi connectivity index (χ2n) is 7.22. The van der Waals surface area contributed by atoms with Crippen LogP contribution in [0.5, 0.6) is 0 Å². The topological polar surface area (TPSA) is 57.2 Å². The fourth-order valence-electron chi connectivity index (χ4n) is 3.61. The van der Waals surface area contributed by atoms with Gasteiger partial charge in [-0.15, -0.1) is 0 Å². The molecule has 5 rings (SSSR count). The molecular formula is C28H20O3Sn. The fourth-order valence-corrected chi connectivity index (χ4v) is 11.0. The van der Waals surface area contributed by atoms with Crippen LogP contribution in [-0.4, -0.2) is 31.3 Å². The summed E-state index contributed by atoms with van der Waals surface area (Å²) in [5.41, 5.74) is 0.520. The third-order valence-corrected chi connectivity index (χ3v) is 12.9. The molecule has 0 saturated carbocycles. The van der Waals surface area contributed by atoms with Gasteiger partial charge in [-0.3, -0.25) is 9.59 Å². The second kappa shape index (κ2) is 10.2. The molecule has 0 aliphatic heterocycles. The molecule has 0 radical (unpaired) electrons. The molecule has 32 heavy (non-hydrogen) atoms. The standard InChI is InChI=1S/C10H6O3.3C6H5.Sn/c11-8-5-9(12)10(13)7-4-2-1-3-6(7)8;3*1-2-4-6-5-3-1;/h1-5,11H;3*1-5H;/q;;;;+1/p-1. The molecular weight excluding hydrogens is 503 g/mol. The van der Waals surface area contributed by atoms with Crippen molar-refractivity contribution < 1.29 is 14.7 Å². The molecule has 154 valence electrons. The number of fused-ring (bicyclic) bond motifs is 1. The number of hydrogen-bond donors (Lipinski definition) is 0. The molecule has 0 atom stereocenters. The second-order valence-corrected chi connectivity index (χ2v) is 14.3. The third-order valence-electron chi connectivity index (χ3n) is 5.11. The summed E-state index contributed by atoms with van der Waals surface area (Å²) < 4.78 is 4.59. The van der Waals surface area contributed by atoms with Gasteiger partial charge in [0.15, 0.2) is 0 Å². The zero-order valence-corrected chi connectivity index (χ0v) is 20.1. The van der Waals surface area contributed by atoms with E-state index >= 15 is 0 Å². The van der Waals surface area contributed by atoms with E-state index in [0.29, 0.717) is 5.56 Å². The number of hydrogen-bond acceptors (Lipinski definition) is 3. The Morgan fingerprint density at radius 3 is 1.31 bits per heavy atom. The zero-order chi connectivity index (χ0) is 22.3. The minimum absolute atomic E-state index is 0.208. The maximum atomic E-state index is 11.2. The summed E-state index contributed by atoms with van der Waals surface area (Å²) in [5, 5.41) is 11.2. The van der Waals surface area contributed by atoms with Gasteiger partial charge in [-0.1, -0.05) is 30.0 Å². The van der Waals surface area contributed by atoms with Crippen LogP contribution in [0, 0.1) is 0 Å². The predicted octanol–water partition coefficient (Wildman–Crippen LogP) is 2.36. The summed E-state index contributed by atoms with van der Waals surface area (Å²) in [6.07, 6.45) is 0.838. The monoisotopic (exact) mass is 524 g/mol. The summed E-state index contributed by atoms with van der Waals surface area (Å²) in [4.78, 5) is 22.2. The normalized spacial score (nSPS) is 12.2. The van der Waals surface area contributed by atoms with Crippen molar-refractivity contribution in [3.63, 3.8) is 0 Å². The van der Waals surface area contributed by atoms with Gasteiger partial charge in [0.2, 0.25) is 11.6 Å². The van der Waals surface area contributed by atoms with Crippen molar-refractivity contribution in [2.45, 2.75) is 0 Å². The SMILES string of the molecule is O=C1C=C([O-])c2ccccc2C1=O.c1cc[c]([Sn+]([c]2ccccc2)[c]2ccccc2)cc1. The Balaban J connectivity index is 0.000000165. The molecule has 0 aromatic heterocycles. The Hall–Kier alpha value is -3.44. The Morgan fingerprint density at radius 1 is 0.500 bits per heavy atom. The van der Waals surface area contributed by atoms with Crippen LogP contribution in [0.25, 0.3) is 5.76 Å². The van der Waals surface area contributed by atoms with Crippen molar-refractivity contribution in [1.82, 2.24) is 0 Å². The number of Topliss-reactive ketones (excluding diaryl/α,β-unsaturated/α-hetero) is 1. The van der Waals surface area contributed by atoms with Crippen molar-refractivity contribution in [3.05, 3.63) is 132 Å². The first kappa shape index (κ1) is 21.8. The van der Waals surface area contributed by atoms with Gasteiger partial charge < -0.3 is 5.11 Å². The van der Waals surface area contributed by atoms with Crippen LogP contribution in [0.1, 0.15) is 15.9 Å². The maximum absolute atomic E-state index is 11.2. The van der Waals surface area contributed by atoms with Gasteiger partial charge in [-0.05, 0) is 11.6 Å². The van der Waals surface area contributed by atoms with E-state index in [9.17, 15) is 14.7 Å². The first-order valence-electron chi connectivity index (χ1n) is 10.2. The summed E-state index contributed by atoms with van der Waals surface area (Å²) >= 11 is -1.98. The van der Waals surface area contributed by atoms with Gasteiger partial charge >= 0.3 is 121 Å². The quantitative estimate of drug-likeness (QED) is 0.306. The van der Waals surface area contributed by atoms with E-state index in [1.165, 1.54) is 16.8 Å². The van der Waals surface area contributed by atoms with Crippen LogP contribution in [-0.2, 0) is 4.79 Å². The molecule has 1 aliphatic carbocycles. The van der Waals surface area contributed by atoms with Crippen molar-refractivity contribution in [3.8, 4) is 0 Å². The van der Waals surface area contributed by atoms with E-state index in [2.05, 4.69) is 91.0 Å². The molecule has 0 fully saturated rings. The van der Waals surface area contributed by atoms with Gasteiger partial charge in [0, 0.05) is 5.56 Å². The average Bonchev–Trinajstić information content (AvgIpc) is 2.85. The summed E-state index contributed by atoms with van der Waals surface area (Å²) in [6.45, 7) is 0. The Morgan fingerprint density at radius 2 is 0.875 bits per heavy atom. The molecule has 0 N–H and O–H groups in total. The van der Waals surface area contributed by atoms with E-state index in [-0.39, 0.29) is 11.3 Å². The molecule has 1 aliphatic rings. The number of ketones is 2. The van der Waals surface area contributed by atoms with Crippen LogP contribution >= 0.6 is 0 Å². The number of carbonyl (C=O) groups excluding carboxylic acids is 2. The molecule has 4 heteroatoms. The summed E-state index contributed by atoms with van der Waals surface area (Å²) in [7, 11) is 0. The van der Waals surface area contributed by atoms with E-state index in [0.717, 1.165) is 6.08 Å². The zero-order valence-electron chi connectivity index (χ0n) is 17.3. The minimum atomic E-state index is -1.98. The van der Waals surface area contributed by atoms with Gasteiger partial charge in [-0.2, -0.15) is 0 Å². The molecule has 0 bridgehead atoms. The molecule has 0 spiro atoms. The van der Waals surface area contributed by atoms with E-state index in [1.54, 1.807) is 18.2 Å². The first-order chi connectivity index (χ1) is 15.6. The number of allylic oxidation sites excluding steroid dienone is 1. The number of carbonyl (C=O) groups is 2. The molecule has 0 amide bonds. The van der Waals surface area contributed by atoms with Crippen molar-refractivity contribution in [2.24, 2.45) is 0 Å². The molecule has 4 aromatic rings. The van der Waals surface area contributed by atoms with Gasteiger partial charge in [0.05, 0.1) is 0 Å². The van der Waals surface area contributed by atoms with Crippen LogP contribution in [0.3, 0.4) is 0 Å². The number of benzene rings is 4. The molecule has 0 unspecified atom stereocenters.